The van der Waals surface area contributed by atoms with E-state index in [-0.39, 0.29) is 18.0 Å². The van der Waals surface area contributed by atoms with E-state index in [1.807, 2.05) is 6.07 Å². The predicted octanol–water partition coefficient (Wildman–Crippen LogP) is 2.88. The van der Waals surface area contributed by atoms with Gasteiger partial charge in [-0.3, -0.25) is 9.59 Å². The maximum atomic E-state index is 13.5. The zero-order valence-corrected chi connectivity index (χ0v) is 18.1. The number of hydrogen-bond donors (Lipinski definition) is 3. The van der Waals surface area contributed by atoms with Gasteiger partial charge in [0.25, 0.3) is 5.91 Å². The summed E-state index contributed by atoms with van der Waals surface area (Å²) in [7, 11) is 1.68. The Morgan fingerprint density at radius 1 is 1.03 bits per heavy atom. The van der Waals surface area contributed by atoms with Crippen molar-refractivity contribution < 1.29 is 23.9 Å². The third kappa shape index (κ3) is 5.14. The third-order valence-corrected chi connectivity index (χ3v) is 5.37. The lowest BCUT2D eigenvalue weighted by molar-refractivity contribution is -0.142. The summed E-state index contributed by atoms with van der Waals surface area (Å²) >= 11 is 0. The number of nitrogens with zero attached hydrogens (tertiary/aromatic N) is 1. The SMILES string of the molecule is CC(C)C(NC(=O)c1cc2cc(F)ccc2n1C)C(=O)NC(Cc1ccccc1)C(=O)O. The van der Waals surface area contributed by atoms with Crippen LogP contribution >= 0.6 is 0 Å². The highest BCUT2D eigenvalue weighted by molar-refractivity contribution is 6.01. The van der Waals surface area contributed by atoms with E-state index >= 15 is 0 Å². The second-order valence-corrected chi connectivity index (χ2v) is 8.08. The number of rotatable bonds is 8. The van der Waals surface area contributed by atoms with Crippen molar-refractivity contribution in [3.05, 3.63) is 71.7 Å². The summed E-state index contributed by atoms with van der Waals surface area (Å²) in [6.07, 6.45) is 0.120. The Balaban J connectivity index is 1.77. The second kappa shape index (κ2) is 9.64. The minimum atomic E-state index is -1.16. The number of nitrogens with one attached hydrogen (secondary N) is 2. The third-order valence-electron chi connectivity index (χ3n) is 5.37. The summed E-state index contributed by atoms with van der Waals surface area (Å²) in [4.78, 5) is 37.6. The van der Waals surface area contributed by atoms with Crippen LogP contribution in [0.1, 0.15) is 29.9 Å². The summed E-state index contributed by atoms with van der Waals surface area (Å²) in [6.45, 7) is 3.52. The van der Waals surface area contributed by atoms with Gasteiger partial charge in [0, 0.05) is 24.4 Å². The summed E-state index contributed by atoms with van der Waals surface area (Å²) in [5, 5.41) is 15.4. The number of fused-ring (bicyclic) bond motifs is 1. The molecule has 8 heteroatoms. The van der Waals surface area contributed by atoms with Crippen LogP contribution in [-0.2, 0) is 23.1 Å². The van der Waals surface area contributed by atoms with Gasteiger partial charge in [-0.25, -0.2) is 9.18 Å². The number of carbonyl (C=O) groups excluding carboxylic acids is 2. The molecule has 2 unspecified atom stereocenters. The predicted molar refractivity (Wildman–Crippen MR) is 119 cm³/mol. The highest BCUT2D eigenvalue weighted by Gasteiger charge is 2.29. The van der Waals surface area contributed by atoms with Gasteiger partial charge in [-0.15, -0.1) is 0 Å². The van der Waals surface area contributed by atoms with Crippen LogP contribution in [0, 0.1) is 11.7 Å². The van der Waals surface area contributed by atoms with Gasteiger partial charge in [-0.1, -0.05) is 44.2 Å². The number of hydrogen-bond acceptors (Lipinski definition) is 3. The van der Waals surface area contributed by atoms with E-state index in [0.717, 1.165) is 5.56 Å². The first kappa shape index (κ1) is 23.0. The molecule has 2 amide bonds. The molecule has 168 valence electrons. The molecule has 3 rings (SSSR count). The van der Waals surface area contributed by atoms with Crippen LogP contribution < -0.4 is 10.6 Å². The molecular weight excluding hydrogens is 413 g/mol. The average Bonchev–Trinajstić information content (AvgIpc) is 3.07. The zero-order chi connectivity index (χ0) is 23.4. The fourth-order valence-electron chi connectivity index (χ4n) is 3.60. The quantitative estimate of drug-likeness (QED) is 0.502. The van der Waals surface area contributed by atoms with E-state index in [1.165, 1.54) is 12.1 Å². The Bertz CT molecular complexity index is 1140. The summed E-state index contributed by atoms with van der Waals surface area (Å²) in [6, 6.07) is 12.7. The fourth-order valence-corrected chi connectivity index (χ4v) is 3.60. The van der Waals surface area contributed by atoms with E-state index in [9.17, 15) is 23.9 Å². The van der Waals surface area contributed by atoms with Crippen molar-refractivity contribution in [2.24, 2.45) is 13.0 Å². The molecule has 32 heavy (non-hydrogen) atoms. The number of amides is 2. The lowest BCUT2D eigenvalue weighted by Crippen LogP contribution is -2.54. The van der Waals surface area contributed by atoms with Crippen LogP contribution in [0.5, 0.6) is 0 Å². The highest BCUT2D eigenvalue weighted by Crippen LogP contribution is 2.20. The van der Waals surface area contributed by atoms with Gasteiger partial charge in [0.2, 0.25) is 5.91 Å². The average molecular weight is 439 g/mol. The molecule has 0 spiro atoms. The van der Waals surface area contributed by atoms with E-state index < -0.39 is 35.7 Å². The van der Waals surface area contributed by atoms with Gasteiger partial charge < -0.3 is 20.3 Å². The number of aliphatic carboxylic acids is 1. The van der Waals surface area contributed by atoms with Crippen LogP contribution in [0.4, 0.5) is 4.39 Å². The number of halogens is 1. The lowest BCUT2D eigenvalue weighted by Gasteiger charge is -2.24. The van der Waals surface area contributed by atoms with Crippen molar-refractivity contribution in [1.82, 2.24) is 15.2 Å². The number of aryl methyl sites for hydroxylation is 1. The first-order valence-electron chi connectivity index (χ1n) is 10.3. The van der Waals surface area contributed by atoms with Crippen molar-refractivity contribution >= 4 is 28.7 Å². The first-order valence-corrected chi connectivity index (χ1v) is 10.3. The lowest BCUT2D eigenvalue weighted by atomic mass is 10.0. The minimum absolute atomic E-state index is 0.120. The molecule has 2 atom stereocenters. The topological polar surface area (TPSA) is 100 Å². The van der Waals surface area contributed by atoms with E-state index in [2.05, 4.69) is 10.6 Å². The molecule has 0 fully saturated rings. The first-order chi connectivity index (χ1) is 15.2. The molecular formula is C24H26FN3O4. The monoisotopic (exact) mass is 439 g/mol. The van der Waals surface area contributed by atoms with Gasteiger partial charge in [0.05, 0.1) is 0 Å². The Morgan fingerprint density at radius 3 is 2.34 bits per heavy atom. The molecule has 3 aromatic rings. The molecule has 0 aliphatic carbocycles. The number of carbonyl (C=O) groups is 3. The molecule has 0 saturated heterocycles. The smallest absolute Gasteiger partial charge is 0.326 e. The maximum absolute atomic E-state index is 13.5. The molecule has 0 aliphatic rings. The number of benzene rings is 2. The van der Waals surface area contributed by atoms with Crippen LogP contribution in [0.3, 0.4) is 0 Å². The van der Waals surface area contributed by atoms with Crippen molar-refractivity contribution in [3.63, 3.8) is 0 Å². The largest absolute Gasteiger partial charge is 0.480 e. The standard InChI is InChI=1S/C24H26FN3O4/c1-14(2)21(23(30)26-18(24(31)32)11-15-7-5-4-6-8-15)27-22(29)20-13-16-12-17(25)9-10-19(16)28(20)3/h4-10,12-14,18,21H,11H2,1-3H3,(H,26,30)(H,27,29)(H,31,32). The number of aromatic nitrogens is 1. The van der Waals surface area contributed by atoms with Gasteiger partial charge in [-0.05, 0) is 35.7 Å². The molecule has 0 bridgehead atoms. The van der Waals surface area contributed by atoms with Crippen molar-refractivity contribution in [2.45, 2.75) is 32.4 Å². The van der Waals surface area contributed by atoms with Gasteiger partial charge in [-0.2, -0.15) is 0 Å². The fraction of sp³-hybridized carbons (Fsp3) is 0.292. The second-order valence-electron chi connectivity index (χ2n) is 8.08. The molecule has 0 saturated carbocycles. The number of carboxylic acid groups (broad SMARTS) is 1. The van der Waals surface area contributed by atoms with Crippen LogP contribution in [0.15, 0.2) is 54.6 Å². The van der Waals surface area contributed by atoms with E-state index in [1.54, 1.807) is 61.9 Å². The van der Waals surface area contributed by atoms with Crippen molar-refractivity contribution in [1.29, 1.82) is 0 Å². The molecule has 2 aromatic carbocycles. The van der Waals surface area contributed by atoms with Gasteiger partial charge in [0.15, 0.2) is 0 Å². The molecule has 0 aliphatic heterocycles. The van der Waals surface area contributed by atoms with Crippen LogP contribution in [-0.4, -0.2) is 39.5 Å². The van der Waals surface area contributed by atoms with Crippen molar-refractivity contribution in [2.75, 3.05) is 0 Å². The van der Waals surface area contributed by atoms with E-state index in [0.29, 0.717) is 10.9 Å². The summed E-state index contributed by atoms with van der Waals surface area (Å²) < 4.78 is 15.2. The Kier molecular flexibility index (Phi) is 6.92. The minimum Gasteiger partial charge on any atom is -0.480 e. The highest BCUT2D eigenvalue weighted by atomic mass is 19.1. The Morgan fingerprint density at radius 2 is 1.72 bits per heavy atom. The zero-order valence-electron chi connectivity index (χ0n) is 18.1. The van der Waals surface area contributed by atoms with Gasteiger partial charge >= 0.3 is 5.97 Å². The summed E-state index contributed by atoms with van der Waals surface area (Å²) in [5.74, 6) is -2.95. The number of carboxylic acids is 1. The molecule has 1 heterocycles. The van der Waals surface area contributed by atoms with Crippen LogP contribution in [0.2, 0.25) is 0 Å². The van der Waals surface area contributed by atoms with E-state index in [4.69, 9.17) is 0 Å². The van der Waals surface area contributed by atoms with Crippen LogP contribution in [0.25, 0.3) is 10.9 Å². The molecule has 0 radical (unpaired) electrons. The van der Waals surface area contributed by atoms with Gasteiger partial charge in [0.1, 0.15) is 23.6 Å². The maximum Gasteiger partial charge on any atom is 0.326 e. The Labute approximate surface area is 185 Å². The normalized spacial score (nSPS) is 13.0. The summed E-state index contributed by atoms with van der Waals surface area (Å²) in [5.41, 5.74) is 1.71. The molecule has 3 N–H and O–H groups in total. The Hall–Kier alpha value is -3.68. The molecule has 1 aromatic heterocycles. The molecule has 7 nitrogen and oxygen atoms in total. The van der Waals surface area contributed by atoms with Crippen molar-refractivity contribution in [3.8, 4) is 0 Å².